The van der Waals surface area contributed by atoms with Crippen LogP contribution < -0.4 is 5.32 Å². The minimum absolute atomic E-state index is 0.216. The van der Waals surface area contributed by atoms with Gasteiger partial charge in [0.05, 0.1) is 0 Å². The molecule has 3 atom stereocenters. The van der Waals surface area contributed by atoms with Crippen molar-refractivity contribution in [2.24, 2.45) is 23.7 Å². The number of carbonyl (C=O) groups excluding carboxylic acids is 1. The average Bonchev–Trinajstić information content (AvgIpc) is 3.19. The van der Waals surface area contributed by atoms with E-state index in [1.54, 1.807) is 0 Å². The molecule has 98 valence electrons. The van der Waals surface area contributed by atoms with Gasteiger partial charge in [-0.25, -0.2) is 0 Å². The van der Waals surface area contributed by atoms with E-state index in [-0.39, 0.29) is 11.8 Å². The molecule has 2 saturated carbocycles. The van der Waals surface area contributed by atoms with Crippen molar-refractivity contribution in [3.8, 4) is 0 Å². The summed E-state index contributed by atoms with van der Waals surface area (Å²) >= 11 is 6.00. The van der Waals surface area contributed by atoms with Crippen LogP contribution in [0.2, 0.25) is 0 Å². The first-order valence-electron chi connectivity index (χ1n) is 7.06. The van der Waals surface area contributed by atoms with Gasteiger partial charge in [0.25, 0.3) is 0 Å². The highest BCUT2D eigenvalue weighted by atomic mass is 35.5. The Labute approximate surface area is 109 Å². The van der Waals surface area contributed by atoms with E-state index >= 15 is 0 Å². The highest BCUT2D eigenvalue weighted by Gasteiger charge is 2.33. The van der Waals surface area contributed by atoms with E-state index < -0.39 is 0 Å². The van der Waals surface area contributed by atoms with Crippen LogP contribution in [0.1, 0.15) is 45.4 Å². The first-order chi connectivity index (χ1) is 8.22. The molecule has 1 N–H and O–H groups in total. The summed E-state index contributed by atoms with van der Waals surface area (Å²) in [5.74, 6) is 3.10. The Bertz CT molecular complexity index is 265. The van der Waals surface area contributed by atoms with Crippen LogP contribution in [0.25, 0.3) is 0 Å². The van der Waals surface area contributed by atoms with Gasteiger partial charge in [0.15, 0.2) is 0 Å². The molecule has 0 aliphatic heterocycles. The molecular weight excluding hydrogens is 234 g/mol. The monoisotopic (exact) mass is 257 g/mol. The lowest BCUT2D eigenvalue weighted by Gasteiger charge is -2.30. The zero-order valence-electron chi connectivity index (χ0n) is 10.8. The zero-order chi connectivity index (χ0) is 12.3. The van der Waals surface area contributed by atoms with Crippen LogP contribution in [0.15, 0.2) is 0 Å². The van der Waals surface area contributed by atoms with Gasteiger partial charge in [-0.05, 0) is 43.4 Å². The van der Waals surface area contributed by atoms with Crippen LogP contribution in [0.5, 0.6) is 0 Å². The fourth-order valence-electron chi connectivity index (χ4n) is 2.96. The summed E-state index contributed by atoms with van der Waals surface area (Å²) in [6.07, 6.45) is 7.55. The molecule has 2 aliphatic carbocycles. The molecule has 0 radical (unpaired) electrons. The van der Waals surface area contributed by atoms with Crippen molar-refractivity contribution in [1.29, 1.82) is 0 Å². The van der Waals surface area contributed by atoms with Crippen LogP contribution in [-0.2, 0) is 4.79 Å². The van der Waals surface area contributed by atoms with Gasteiger partial charge in [-0.1, -0.05) is 19.8 Å². The molecule has 3 unspecified atom stereocenters. The Morgan fingerprint density at radius 2 is 1.88 bits per heavy atom. The average molecular weight is 258 g/mol. The largest absolute Gasteiger partial charge is 0.356 e. The summed E-state index contributed by atoms with van der Waals surface area (Å²) in [6.45, 7) is 2.90. The summed E-state index contributed by atoms with van der Waals surface area (Å²) in [5, 5.41) is 3.14. The third kappa shape index (κ3) is 3.61. The quantitative estimate of drug-likeness (QED) is 0.753. The third-order valence-corrected chi connectivity index (χ3v) is 4.94. The molecule has 0 saturated heterocycles. The first-order valence-corrected chi connectivity index (χ1v) is 7.59. The Morgan fingerprint density at radius 1 is 1.24 bits per heavy atom. The van der Waals surface area contributed by atoms with Crippen LogP contribution >= 0.6 is 11.6 Å². The zero-order valence-corrected chi connectivity index (χ0v) is 11.5. The van der Waals surface area contributed by atoms with Gasteiger partial charge in [-0.3, -0.25) is 4.79 Å². The lowest BCUT2D eigenvalue weighted by molar-refractivity contribution is -0.125. The molecule has 2 rings (SSSR count). The van der Waals surface area contributed by atoms with Crippen molar-refractivity contribution < 1.29 is 4.79 Å². The maximum atomic E-state index is 11.9. The van der Waals surface area contributed by atoms with Gasteiger partial charge < -0.3 is 5.32 Å². The number of halogens is 1. The van der Waals surface area contributed by atoms with Crippen LogP contribution in [0.3, 0.4) is 0 Å². The van der Waals surface area contributed by atoms with Crippen molar-refractivity contribution >= 4 is 17.5 Å². The number of alkyl halides is 1. The van der Waals surface area contributed by atoms with E-state index in [2.05, 4.69) is 12.2 Å². The van der Waals surface area contributed by atoms with Gasteiger partial charge in [0, 0.05) is 18.3 Å². The number of rotatable bonds is 5. The topological polar surface area (TPSA) is 29.1 Å². The number of nitrogens with one attached hydrogen (secondary N) is 1. The van der Waals surface area contributed by atoms with Gasteiger partial charge >= 0.3 is 0 Å². The second kappa shape index (κ2) is 6.08. The molecule has 3 heteroatoms. The molecule has 0 bridgehead atoms. The maximum absolute atomic E-state index is 11.9. The van der Waals surface area contributed by atoms with E-state index in [1.807, 2.05) is 0 Å². The first kappa shape index (κ1) is 13.2. The highest BCUT2D eigenvalue weighted by Crippen LogP contribution is 2.36. The van der Waals surface area contributed by atoms with Crippen molar-refractivity contribution in [1.82, 2.24) is 5.32 Å². The molecule has 0 spiro atoms. The lowest BCUT2D eigenvalue weighted by Crippen LogP contribution is -2.37. The number of hydrogen-bond donors (Lipinski definition) is 1. The standard InChI is InChI=1S/C14H24ClNO/c1-10(11-6-7-11)14(17)16-9-13-5-3-2-4-12(13)8-15/h10-13H,2-9H2,1H3,(H,16,17). The minimum atomic E-state index is 0.216. The Kier molecular flexibility index (Phi) is 4.72. The van der Waals surface area contributed by atoms with Gasteiger partial charge in [-0.15, -0.1) is 11.6 Å². The summed E-state index contributed by atoms with van der Waals surface area (Å²) in [5.41, 5.74) is 0. The second-order valence-corrected chi connectivity index (χ2v) is 6.14. The second-order valence-electron chi connectivity index (χ2n) is 5.83. The van der Waals surface area contributed by atoms with Crippen molar-refractivity contribution in [3.63, 3.8) is 0 Å². The van der Waals surface area contributed by atoms with Crippen LogP contribution in [-0.4, -0.2) is 18.3 Å². The summed E-state index contributed by atoms with van der Waals surface area (Å²) in [6, 6.07) is 0. The van der Waals surface area contributed by atoms with Crippen molar-refractivity contribution in [2.45, 2.75) is 45.4 Å². The fraction of sp³-hybridized carbons (Fsp3) is 0.929. The van der Waals surface area contributed by atoms with E-state index in [4.69, 9.17) is 11.6 Å². The molecule has 2 fully saturated rings. The number of amides is 1. The SMILES string of the molecule is CC(C(=O)NCC1CCCCC1CCl)C1CC1. The van der Waals surface area contributed by atoms with Crippen molar-refractivity contribution in [2.75, 3.05) is 12.4 Å². The molecule has 2 nitrogen and oxygen atoms in total. The van der Waals surface area contributed by atoms with E-state index in [9.17, 15) is 4.79 Å². The van der Waals surface area contributed by atoms with Crippen molar-refractivity contribution in [3.05, 3.63) is 0 Å². The van der Waals surface area contributed by atoms with E-state index in [0.717, 1.165) is 12.4 Å². The summed E-state index contributed by atoms with van der Waals surface area (Å²) < 4.78 is 0. The third-order valence-electron chi connectivity index (χ3n) is 4.55. The van der Waals surface area contributed by atoms with Crippen LogP contribution in [0.4, 0.5) is 0 Å². The summed E-state index contributed by atoms with van der Waals surface area (Å²) in [4.78, 5) is 11.9. The smallest absolute Gasteiger partial charge is 0.223 e. The number of hydrogen-bond acceptors (Lipinski definition) is 1. The van der Waals surface area contributed by atoms with Crippen LogP contribution in [0, 0.1) is 23.7 Å². The maximum Gasteiger partial charge on any atom is 0.223 e. The predicted molar refractivity (Wildman–Crippen MR) is 71.1 cm³/mol. The van der Waals surface area contributed by atoms with Gasteiger partial charge in [-0.2, -0.15) is 0 Å². The molecule has 2 aliphatic rings. The normalized spacial score (nSPS) is 30.9. The molecule has 0 aromatic rings. The molecule has 0 heterocycles. The Hall–Kier alpha value is -0.240. The highest BCUT2D eigenvalue weighted by molar-refractivity contribution is 6.18. The molecule has 1 amide bonds. The molecule has 17 heavy (non-hydrogen) atoms. The summed E-state index contributed by atoms with van der Waals surface area (Å²) in [7, 11) is 0. The fourth-order valence-corrected chi connectivity index (χ4v) is 3.37. The predicted octanol–water partition coefficient (Wildman–Crippen LogP) is 3.19. The molecule has 0 aromatic carbocycles. The molecular formula is C14H24ClNO. The Morgan fingerprint density at radius 3 is 2.47 bits per heavy atom. The lowest BCUT2D eigenvalue weighted by atomic mass is 9.80. The number of carbonyl (C=O) groups is 1. The Balaban J connectivity index is 1.73. The van der Waals surface area contributed by atoms with Gasteiger partial charge in [0.1, 0.15) is 0 Å². The van der Waals surface area contributed by atoms with E-state index in [0.29, 0.717) is 17.8 Å². The minimum Gasteiger partial charge on any atom is -0.356 e. The van der Waals surface area contributed by atoms with E-state index in [1.165, 1.54) is 38.5 Å². The molecule has 0 aromatic heterocycles. The van der Waals surface area contributed by atoms with Gasteiger partial charge in [0.2, 0.25) is 5.91 Å².